The molecular formula is C20H16N2O5. The molecule has 2 aromatic carbocycles. The Balaban J connectivity index is 1.50. The Hall–Kier alpha value is -3.61. The quantitative estimate of drug-likeness (QED) is 0.553. The molecule has 27 heavy (non-hydrogen) atoms. The minimum atomic E-state index is -0.627. The van der Waals surface area contributed by atoms with Gasteiger partial charge in [0.05, 0.1) is 11.9 Å². The van der Waals surface area contributed by atoms with Gasteiger partial charge in [-0.2, -0.15) is 5.10 Å². The van der Waals surface area contributed by atoms with Crippen LogP contribution in [0.25, 0.3) is 11.3 Å². The third-order valence-corrected chi connectivity index (χ3v) is 4.12. The number of Topliss-reactive ketones (excluding diaryl/α,β-unsaturated/α-hetero) is 1. The highest BCUT2D eigenvalue weighted by Crippen LogP contribution is 2.34. The van der Waals surface area contributed by atoms with E-state index >= 15 is 0 Å². The number of H-pyrrole nitrogens is 1. The van der Waals surface area contributed by atoms with Crippen molar-refractivity contribution >= 4 is 11.8 Å². The first-order valence-corrected chi connectivity index (χ1v) is 8.41. The van der Waals surface area contributed by atoms with Crippen molar-refractivity contribution in [2.45, 2.75) is 0 Å². The first-order chi connectivity index (χ1) is 13.2. The summed E-state index contributed by atoms with van der Waals surface area (Å²) in [5.74, 6) is 0.361. The number of benzene rings is 2. The molecule has 0 spiro atoms. The van der Waals surface area contributed by atoms with Crippen molar-refractivity contribution in [3.8, 4) is 22.8 Å². The number of carbonyl (C=O) groups excluding carboxylic acids is 2. The zero-order chi connectivity index (χ0) is 18.6. The largest absolute Gasteiger partial charge is 0.486 e. The molecule has 2 heterocycles. The second kappa shape index (κ2) is 7.33. The summed E-state index contributed by atoms with van der Waals surface area (Å²) in [5.41, 5.74) is 1.93. The van der Waals surface area contributed by atoms with Gasteiger partial charge in [-0.05, 0) is 18.2 Å². The van der Waals surface area contributed by atoms with Crippen molar-refractivity contribution in [3.63, 3.8) is 0 Å². The van der Waals surface area contributed by atoms with Gasteiger partial charge in [0, 0.05) is 11.1 Å². The Morgan fingerprint density at radius 2 is 1.81 bits per heavy atom. The third kappa shape index (κ3) is 3.52. The number of hydrogen-bond donors (Lipinski definition) is 1. The summed E-state index contributed by atoms with van der Waals surface area (Å²) in [4.78, 5) is 24.5. The summed E-state index contributed by atoms with van der Waals surface area (Å²) in [7, 11) is 0. The van der Waals surface area contributed by atoms with E-state index in [0.717, 1.165) is 0 Å². The lowest BCUT2D eigenvalue weighted by molar-refractivity contribution is 0.0475. The number of esters is 1. The lowest BCUT2D eigenvalue weighted by atomic mass is 10.1. The van der Waals surface area contributed by atoms with Crippen molar-refractivity contribution in [1.29, 1.82) is 0 Å². The fourth-order valence-corrected chi connectivity index (χ4v) is 2.78. The van der Waals surface area contributed by atoms with Crippen LogP contribution in [0.1, 0.15) is 20.7 Å². The molecular weight excluding hydrogens is 348 g/mol. The SMILES string of the molecule is O=C(COC(=O)c1cn[nH]c1-c1ccc2c(c1)OCCO2)c1ccccc1. The summed E-state index contributed by atoms with van der Waals surface area (Å²) in [6, 6.07) is 14.0. The Morgan fingerprint density at radius 3 is 2.63 bits per heavy atom. The molecule has 7 nitrogen and oxygen atoms in total. The summed E-state index contributed by atoms with van der Waals surface area (Å²) < 4.78 is 16.2. The van der Waals surface area contributed by atoms with E-state index in [0.29, 0.717) is 41.5 Å². The van der Waals surface area contributed by atoms with E-state index in [9.17, 15) is 9.59 Å². The normalized spacial score (nSPS) is 12.4. The molecule has 1 N–H and O–H groups in total. The molecule has 0 unspecified atom stereocenters. The Morgan fingerprint density at radius 1 is 1.04 bits per heavy atom. The average Bonchev–Trinajstić information content (AvgIpc) is 3.22. The van der Waals surface area contributed by atoms with E-state index in [4.69, 9.17) is 14.2 Å². The molecule has 1 aliphatic rings. The molecule has 0 fully saturated rings. The molecule has 136 valence electrons. The van der Waals surface area contributed by atoms with Crippen LogP contribution in [0.3, 0.4) is 0 Å². The Bertz CT molecular complexity index is 981. The second-order valence-corrected chi connectivity index (χ2v) is 5.88. The number of aromatic amines is 1. The van der Waals surface area contributed by atoms with Gasteiger partial charge in [0.1, 0.15) is 18.8 Å². The number of hydrogen-bond acceptors (Lipinski definition) is 6. The van der Waals surface area contributed by atoms with Crippen molar-refractivity contribution in [1.82, 2.24) is 10.2 Å². The zero-order valence-corrected chi connectivity index (χ0v) is 14.3. The topological polar surface area (TPSA) is 90.5 Å². The zero-order valence-electron chi connectivity index (χ0n) is 14.3. The molecule has 4 rings (SSSR count). The number of aromatic nitrogens is 2. The number of nitrogens with one attached hydrogen (secondary N) is 1. The lowest BCUT2D eigenvalue weighted by Crippen LogP contribution is -2.15. The van der Waals surface area contributed by atoms with Gasteiger partial charge < -0.3 is 14.2 Å². The molecule has 1 aliphatic heterocycles. The number of ketones is 1. The van der Waals surface area contributed by atoms with Crippen molar-refractivity contribution in [3.05, 3.63) is 65.9 Å². The van der Waals surface area contributed by atoms with Gasteiger partial charge in [-0.25, -0.2) is 4.79 Å². The van der Waals surface area contributed by atoms with Crippen molar-refractivity contribution in [2.24, 2.45) is 0 Å². The van der Waals surface area contributed by atoms with Gasteiger partial charge in [0.25, 0.3) is 0 Å². The smallest absolute Gasteiger partial charge is 0.342 e. The van der Waals surface area contributed by atoms with Gasteiger partial charge in [0.15, 0.2) is 23.9 Å². The molecule has 7 heteroatoms. The highest BCUT2D eigenvalue weighted by atomic mass is 16.6. The van der Waals surface area contributed by atoms with E-state index < -0.39 is 5.97 Å². The molecule has 3 aromatic rings. The molecule has 0 aliphatic carbocycles. The number of carbonyl (C=O) groups is 2. The minimum absolute atomic E-state index is 0.243. The van der Waals surface area contributed by atoms with Gasteiger partial charge in [-0.1, -0.05) is 30.3 Å². The summed E-state index contributed by atoms with van der Waals surface area (Å²) >= 11 is 0. The van der Waals surface area contributed by atoms with Crippen LogP contribution in [0.15, 0.2) is 54.7 Å². The number of rotatable bonds is 5. The van der Waals surface area contributed by atoms with Crippen LogP contribution >= 0.6 is 0 Å². The monoisotopic (exact) mass is 364 g/mol. The van der Waals surface area contributed by atoms with Gasteiger partial charge in [-0.3, -0.25) is 9.89 Å². The first kappa shape index (κ1) is 16.8. The van der Waals surface area contributed by atoms with Crippen LogP contribution in [0.2, 0.25) is 0 Å². The van der Waals surface area contributed by atoms with Crippen LogP contribution in [-0.4, -0.2) is 41.8 Å². The Labute approximate surface area is 154 Å². The molecule has 1 aromatic heterocycles. The second-order valence-electron chi connectivity index (χ2n) is 5.88. The highest BCUT2D eigenvalue weighted by molar-refractivity contribution is 6.01. The summed E-state index contributed by atoms with van der Waals surface area (Å²) in [5, 5.41) is 6.73. The van der Waals surface area contributed by atoms with Crippen LogP contribution < -0.4 is 9.47 Å². The summed E-state index contributed by atoms with van der Waals surface area (Å²) in [6.07, 6.45) is 1.38. The maximum atomic E-state index is 12.4. The minimum Gasteiger partial charge on any atom is -0.486 e. The van der Waals surface area contributed by atoms with Gasteiger partial charge in [-0.15, -0.1) is 0 Å². The standard InChI is InChI=1S/C20H16N2O5/c23-16(13-4-2-1-3-5-13)12-27-20(24)15-11-21-22-19(15)14-6-7-17-18(10-14)26-9-8-25-17/h1-7,10-11H,8-9,12H2,(H,21,22). The number of ether oxygens (including phenoxy) is 3. The van der Waals surface area contributed by atoms with Crippen LogP contribution in [0.4, 0.5) is 0 Å². The van der Waals surface area contributed by atoms with Gasteiger partial charge in [0.2, 0.25) is 0 Å². The van der Waals surface area contributed by atoms with Crippen molar-refractivity contribution < 1.29 is 23.8 Å². The highest BCUT2D eigenvalue weighted by Gasteiger charge is 2.20. The predicted octanol–water partition coefficient (Wildman–Crippen LogP) is 2.89. The van der Waals surface area contributed by atoms with Crippen LogP contribution in [0.5, 0.6) is 11.5 Å². The Kier molecular flexibility index (Phi) is 4.57. The summed E-state index contributed by atoms with van der Waals surface area (Å²) in [6.45, 7) is 0.633. The molecule has 0 saturated heterocycles. The van der Waals surface area contributed by atoms with E-state index in [-0.39, 0.29) is 18.0 Å². The van der Waals surface area contributed by atoms with Crippen molar-refractivity contribution in [2.75, 3.05) is 19.8 Å². The van der Waals surface area contributed by atoms with E-state index in [1.54, 1.807) is 42.5 Å². The first-order valence-electron chi connectivity index (χ1n) is 8.41. The lowest BCUT2D eigenvalue weighted by Gasteiger charge is -2.18. The number of fused-ring (bicyclic) bond motifs is 1. The number of nitrogens with zero attached hydrogens (tertiary/aromatic N) is 1. The maximum absolute atomic E-state index is 12.4. The fraction of sp³-hybridized carbons (Fsp3) is 0.150. The molecule has 0 amide bonds. The van der Waals surface area contributed by atoms with Crippen LogP contribution in [0, 0.1) is 0 Å². The van der Waals surface area contributed by atoms with E-state index in [2.05, 4.69) is 10.2 Å². The molecule has 0 atom stereocenters. The fourth-order valence-electron chi connectivity index (χ4n) is 2.78. The third-order valence-electron chi connectivity index (χ3n) is 4.12. The van der Waals surface area contributed by atoms with E-state index in [1.165, 1.54) is 6.20 Å². The molecule has 0 radical (unpaired) electrons. The van der Waals surface area contributed by atoms with Gasteiger partial charge >= 0.3 is 5.97 Å². The average molecular weight is 364 g/mol. The molecule has 0 saturated carbocycles. The van der Waals surface area contributed by atoms with E-state index in [1.807, 2.05) is 6.07 Å². The maximum Gasteiger partial charge on any atom is 0.342 e. The predicted molar refractivity (Wildman–Crippen MR) is 96.1 cm³/mol. The molecule has 0 bridgehead atoms. The van der Waals surface area contributed by atoms with Crippen LogP contribution in [-0.2, 0) is 4.74 Å².